The summed E-state index contributed by atoms with van der Waals surface area (Å²) in [5.41, 5.74) is 0.250. The molecule has 1 aromatic rings. The molecule has 0 saturated carbocycles. The van der Waals surface area contributed by atoms with E-state index in [1.165, 1.54) is 18.6 Å². The Morgan fingerprint density at radius 1 is 1.22 bits per heavy atom. The minimum absolute atomic E-state index is 0.455. The molecule has 1 nitrogen and oxygen atoms in total. The van der Waals surface area contributed by atoms with E-state index in [9.17, 15) is 13.2 Å². The van der Waals surface area contributed by atoms with Gasteiger partial charge >= 0.3 is 6.18 Å². The van der Waals surface area contributed by atoms with Crippen LogP contribution in [0.3, 0.4) is 0 Å². The molecule has 18 heavy (non-hydrogen) atoms. The number of nitrogens with one attached hydrogen (secondary N) is 1. The molecule has 0 aromatic heterocycles. The molecule has 2 rings (SSSR count). The molecule has 0 spiro atoms. The highest BCUT2D eigenvalue weighted by Crippen LogP contribution is 2.30. The summed E-state index contributed by atoms with van der Waals surface area (Å²) in [7, 11) is 0. The average molecular weight is 257 g/mol. The van der Waals surface area contributed by atoms with E-state index in [0.717, 1.165) is 44.0 Å². The topological polar surface area (TPSA) is 12.0 Å². The summed E-state index contributed by atoms with van der Waals surface area (Å²) in [5, 5.41) is 3.34. The maximum absolute atomic E-state index is 12.6. The van der Waals surface area contributed by atoms with Gasteiger partial charge in [-0.25, -0.2) is 0 Å². The Balaban J connectivity index is 2.04. The van der Waals surface area contributed by atoms with Crippen molar-refractivity contribution in [3.63, 3.8) is 0 Å². The van der Waals surface area contributed by atoms with E-state index in [4.69, 9.17) is 0 Å². The van der Waals surface area contributed by atoms with Crippen LogP contribution in [-0.4, -0.2) is 13.1 Å². The first-order valence-electron chi connectivity index (χ1n) is 6.42. The van der Waals surface area contributed by atoms with Gasteiger partial charge in [-0.05, 0) is 49.9 Å². The molecule has 0 bridgehead atoms. The first-order chi connectivity index (χ1) is 8.55. The highest BCUT2D eigenvalue weighted by atomic mass is 19.4. The lowest BCUT2D eigenvalue weighted by atomic mass is 9.94. The van der Waals surface area contributed by atoms with Gasteiger partial charge in [0.1, 0.15) is 0 Å². The molecular weight excluding hydrogens is 239 g/mol. The van der Waals surface area contributed by atoms with Crippen molar-refractivity contribution in [1.29, 1.82) is 0 Å². The SMILES string of the molecule is FC(F)(F)c1cccc(C[C@@H]2CCCCNC2)c1. The third-order valence-corrected chi connectivity index (χ3v) is 3.43. The molecule has 1 aliphatic rings. The summed E-state index contributed by atoms with van der Waals surface area (Å²) in [6.45, 7) is 1.94. The normalized spacial score (nSPS) is 21.6. The van der Waals surface area contributed by atoms with Gasteiger partial charge < -0.3 is 5.32 Å². The molecule has 0 radical (unpaired) electrons. The molecule has 1 saturated heterocycles. The third-order valence-electron chi connectivity index (χ3n) is 3.43. The van der Waals surface area contributed by atoms with Gasteiger partial charge in [-0.1, -0.05) is 24.6 Å². The van der Waals surface area contributed by atoms with E-state index >= 15 is 0 Å². The Kier molecular flexibility index (Phi) is 4.27. The van der Waals surface area contributed by atoms with Crippen LogP contribution in [0.1, 0.15) is 30.4 Å². The van der Waals surface area contributed by atoms with E-state index in [1.807, 2.05) is 0 Å². The van der Waals surface area contributed by atoms with E-state index in [2.05, 4.69) is 5.32 Å². The van der Waals surface area contributed by atoms with Gasteiger partial charge in [0.25, 0.3) is 0 Å². The summed E-state index contributed by atoms with van der Waals surface area (Å²) >= 11 is 0. The van der Waals surface area contributed by atoms with E-state index in [0.29, 0.717) is 5.92 Å². The molecule has 1 aliphatic heterocycles. The van der Waals surface area contributed by atoms with Crippen LogP contribution in [0.4, 0.5) is 13.2 Å². The van der Waals surface area contributed by atoms with Crippen molar-refractivity contribution in [1.82, 2.24) is 5.32 Å². The largest absolute Gasteiger partial charge is 0.416 e. The van der Waals surface area contributed by atoms with Crippen molar-refractivity contribution in [3.05, 3.63) is 35.4 Å². The van der Waals surface area contributed by atoms with Crippen molar-refractivity contribution in [2.75, 3.05) is 13.1 Å². The van der Waals surface area contributed by atoms with E-state index in [1.54, 1.807) is 6.07 Å². The fraction of sp³-hybridized carbons (Fsp3) is 0.571. The Morgan fingerprint density at radius 2 is 2.06 bits per heavy atom. The van der Waals surface area contributed by atoms with Gasteiger partial charge in [0.05, 0.1) is 5.56 Å². The molecule has 100 valence electrons. The first-order valence-corrected chi connectivity index (χ1v) is 6.42. The standard InChI is InChI=1S/C14H18F3N/c15-14(16,17)13-6-3-5-11(9-13)8-12-4-1-2-7-18-10-12/h3,5-6,9,12,18H,1-2,4,7-8,10H2/t12-/m0/s1. The molecule has 0 unspecified atom stereocenters. The Labute approximate surface area is 105 Å². The first kappa shape index (κ1) is 13.4. The van der Waals surface area contributed by atoms with Crippen LogP contribution in [-0.2, 0) is 12.6 Å². The third kappa shape index (κ3) is 3.73. The van der Waals surface area contributed by atoms with Crippen molar-refractivity contribution < 1.29 is 13.2 Å². The minimum Gasteiger partial charge on any atom is -0.316 e. The second kappa shape index (κ2) is 5.74. The average Bonchev–Trinajstić information content (AvgIpc) is 2.57. The maximum Gasteiger partial charge on any atom is 0.416 e. The number of rotatable bonds is 2. The maximum atomic E-state index is 12.6. The number of hydrogen-bond acceptors (Lipinski definition) is 1. The zero-order valence-electron chi connectivity index (χ0n) is 10.3. The lowest BCUT2D eigenvalue weighted by Gasteiger charge is -2.15. The Hall–Kier alpha value is -1.03. The number of hydrogen-bond donors (Lipinski definition) is 1. The van der Waals surface area contributed by atoms with Gasteiger partial charge in [0.2, 0.25) is 0 Å². The predicted octanol–water partition coefficient (Wildman–Crippen LogP) is 3.64. The molecular formula is C14H18F3N. The summed E-state index contributed by atoms with van der Waals surface area (Å²) in [5.74, 6) is 0.455. The number of benzene rings is 1. The summed E-state index contributed by atoms with van der Waals surface area (Å²) in [6, 6.07) is 5.71. The highest BCUT2D eigenvalue weighted by molar-refractivity contribution is 5.26. The molecule has 1 fully saturated rings. The van der Waals surface area contributed by atoms with Gasteiger partial charge in [0, 0.05) is 0 Å². The molecule has 1 atom stereocenters. The van der Waals surface area contributed by atoms with E-state index in [-0.39, 0.29) is 0 Å². The van der Waals surface area contributed by atoms with Crippen molar-refractivity contribution in [2.24, 2.45) is 5.92 Å². The van der Waals surface area contributed by atoms with Gasteiger partial charge in [-0.3, -0.25) is 0 Å². The highest BCUT2D eigenvalue weighted by Gasteiger charge is 2.30. The Bertz CT molecular complexity index is 379. The van der Waals surface area contributed by atoms with Crippen LogP contribution in [0.2, 0.25) is 0 Å². The molecule has 0 aliphatic carbocycles. The van der Waals surface area contributed by atoms with Gasteiger partial charge in [-0.15, -0.1) is 0 Å². The van der Waals surface area contributed by atoms with Crippen LogP contribution in [0, 0.1) is 5.92 Å². The Morgan fingerprint density at radius 3 is 2.83 bits per heavy atom. The van der Waals surface area contributed by atoms with Gasteiger partial charge in [0.15, 0.2) is 0 Å². The van der Waals surface area contributed by atoms with Crippen LogP contribution in [0.5, 0.6) is 0 Å². The van der Waals surface area contributed by atoms with Crippen LogP contribution < -0.4 is 5.32 Å². The minimum atomic E-state index is -4.24. The van der Waals surface area contributed by atoms with Crippen molar-refractivity contribution in [2.45, 2.75) is 31.9 Å². The fourth-order valence-corrected chi connectivity index (χ4v) is 2.47. The fourth-order valence-electron chi connectivity index (χ4n) is 2.47. The number of alkyl halides is 3. The summed E-state index contributed by atoms with van der Waals surface area (Å²) < 4.78 is 37.8. The van der Waals surface area contributed by atoms with Crippen molar-refractivity contribution in [3.8, 4) is 0 Å². The summed E-state index contributed by atoms with van der Waals surface area (Å²) in [6.07, 6.45) is -0.0758. The molecule has 1 aromatic carbocycles. The van der Waals surface area contributed by atoms with Crippen LogP contribution in [0.15, 0.2) is 24.3 Å². The number of halogens is 3. The second-order valence-corrected chi connectivity index (χ2v) is 4.97. The zero-order valence-corrected chi connectivity index (χ0v) is 10.3. The van der Waals surface area contributed by atoms with Crippen LogP contribution >= 0.6 is 0 Å². The predicted molar refractivity (Wildman–Crippen MR) is 65.4 cm³/mol. The van der Waals surface area contributed by atoms with Crippen LogP contribution in [0.25, 0.3) is 0 Å². The molecule has 4 heteroatoms. The lowest BCUT2D eigenvalue weighted by molar-refractivity contribution is -0.137. The molecule has 1 N–H and O–H groups in total. The van der Waals surface area contributed by atoms with E-state index < -0.39 is 11.7 Å². The summed E-state index contributed by atoms with van der Waals surface area (Å²) in [4.78, 5) is 0. The van der Waals surface area contributed by atoms with Crippen molar-refractivity contribution >= 4 is 0 Å². The zero-order chi connectivity index (χ0) is 13.0. The second-order valence-electron chi connectivity index (χ2n) is 4.97. The quantitative estimate of drug-likeness (QED) is 0.853. The molecule has 1 heterocycles. The lowest BCUT2D eigenvalue weighted by Crippen LogP contribution is -2.22. The smallest absolute Gasteiger partial charge is 0.316 e. The monoisotopic (exact) mass is 257 g/mol. The molecule has 0 amide bonds. The van der Waals surface area contributed by atoms with Gasteiger partial charge in [-0.2, -0.15) is 13.2 Å².